The maximum atomic E-state index is 2.33. The summed E-state index contributed by atoms with van der Waals surface area (Å²) in [4.78, 5) is 2.33. The van der Waals surface area contributed by atoms with Gasteiger partial charge in [-0.2, -0.15) is 0 Å². The molecule has 0 saturated heterocycles. The van der Waals surface area contributed by atoms with E-state index in [-0.39, 0.29) is 0 Å². The first-order valence-corrected chi connectivity index (χ1v) is 14.8. The summed E-state index contributed by atoms with van der Waals surface area (Å²) in [6.07, 6.45) is 3.50. The Kier molecular flexibility index (Phi) is 11.7. The lowest BCUT2D eigenvalue weighted by Gasteiger charge is -2.20. The predicted octanol–water partition coefficient (Wildman–Crippen LogP) is 8.44. The van der Waals surface area contributed by atoms with Crippen LogP contribution >= 0.6 is 0 Å². The predicted molar refractivity (Wildman–Crippen MR) is 177 cm³/mol. The van der Waals surface area contributed by atoms with Crippen molar-refractivity contribution in [2.75, 3.05) is 18.0 Å². The maximum Gasteiger partial charge on any atom is 0.209 e. The highest BCUT2D eigenvalue weighted by Crippen LogP contribution is 2.30. The van der Waals surface area contributed by atoms with Gasteiger partial charge in [-0.1, -0.05) is 163 Å². The number of anilines is 1. The minimum Gasteiger partial charge on any atom is -0.372 e. The zero-order valence-corrected chi connectivity index (χ0v) is 24.1. The summed E-state index contributed by atoms with van der Waals surface area (Å²) < 4.78 is 0. The van der Waals surface area contributed by atoms with E-state index in [4.69, 9.17) is 0 Å². The molecule has 1 nitrogen and oxygen atoms in total. The third kappa shape index (κ3) is 8.48. The first-order valence-electron chi connectivity index (χ1n) is 14.8. The molecule has 0 atom stereocenters. The minimum absolute atomic E-state index is 0.449. The summed E-state index contributed by atoms with van der Waals surface area (Å²) in [5, 5.41) is 0. The summed E-state index contributed by atoms with van der Waals surface area (Å²) >= 11 is 0. The van der Waals surface area contributed by atoms with Crippen LogP contribution in [-0.2, 0) is 0 Å². The fourth-order valence-corrected chi connectivity index (χ4v) is 5.55. The second kappa shape index (κ2) is 16.2. The lowest BCUT2D eigenvalue weighted by Crippen LogP contribution is -2.41. The van der Waals surface area contributed by atoms with Crippen molar-refractivity contribution in [2.24, 2.45) is 0 Å². The van der Waals surface area contributed by atoms with Gasteiger partial charge in [0.2, 0.25) is 6.71 Å². The van der Waals surface area contributed by atoms with Crippen LogP contribution in [-0.4, -0.2) is 19.8 Å². The number of hydrogen-bond donors (Lipinski definition) is 0. The van der Waals surface area contributed by atoms with Gasteiger partial charge in [0.05, 0.1) is 0 Å². The van der Waals surface area contributed by atoms with Crippen molar-refractivity contribution in [2.45, 2.75) is 38.9 Å². The molecule has 0 aliphatic carbocycles. The molecule has 5 rings (SSSR count). The average molecular weight is 524 g/mol. The normalized spacial score (nSPS) is 10.5. The van der Waals surface area contributed by atoms with Crippen molar-refractivity contribution in [3.8, 4) is 0 Å². The number of nitrogens with zero attached hydrogens (tertiary/aromatic N) is 1. The van der Waals surface area contributed by atoms with Gasteiger partial charge in [-0.05, 0) is 43.5 Å². The van der Waals surface area contributed by atoms with Gasteiger partial charge in [-0.25, -0.2) is 0 Å². The van der Waals surface area contributed by atoms with Crippen molar-refractivity contribution in [3.63, 3.8) is 0 Å². The molecule has 5 aromatic carbocycles. The molecule has 0 fully saturated rings. The van der Waals surface area contributed by atoms with Crippen LogP contribution in [0.15, 0.2) is 152 Å². The summed E-state index contributed by atoms with van der Waals surface area (Å²) in [5.41, 5.74) is 6.96. The Morgan fingerprint density at radius 1 is 0.500 bits per heavy atom. The molecule has 0 bridgehead atoms. The lowest BCUT2D eigenvalue weighted by atomic mass is 9.38. The number of hydrogen-bond acceptors (Lipinski definition) is 1. The van der Waals surface area contributed by atoms with E-state index >= 15 is 0 Å². The van der Waals surface area contributed by atoms with Crippen LogP contribution in [0.2, 0.25) is 6.32 Å². The van der Waals surface area contributed by atoms with Gasteiger partial charge in [-0.3, -0.25) is 0 Å². The van der Waals surface area contributed by atoms with Crippen molar-refractivity contribution < 1.29 is 0 Å². The average Bonchev–Trinajstić information content (AvgIpc) is 3.04. The summed E-state index contributed by atoms with van der Waals surface area (Å²) in [6.45, 7) is 6.97. The highest BCUT2D eigenvalue weighted by atomic mass is 15.1. The van der Waals surface area contributed by atoms with Crippen LogP contribution < -0.4 is 15.8 Å². The van der Waals surface area contributed by atoms with E-state index in [1.165, 1.54) is 34.2 Å². The van der Waals surface area contributed by atoms with E-state index in [9.17, 15) is 0 Å². The van der Waals surface area contributed by atoms with E-state index in [1.807, 2.05) is 6.07 Å². The van der Waals surface area contributed by atoms with Crippen LogP contribution in [0.5, 0.6) is 0 Å². The quantitative estimate of drug-likeness (QED) is 0.157. The van der Waals surface area contributed by atoms with E-state index in [1.54, 1.807) is 0 Å². The largest absolute Gasteiger partial charge is 0.372 e. The molecule has 0 unspecified atom stereocenters. The van der Waals surface area contributed by atoms with Gasteiger partial charge in [0.25, 0.3) is 0 Å². The van der Waals surface area contributed by atoms with Gasteiger partial charge >= 0.3 is 0 Å². The van der Waals surface area contributed by atoms with Gasteiger partial charge in [-0.15, -0.1) is 0 Å². The van der Waals surface area contributed by atoms with Crippen LogP contribution in [0.4, 0.5) is 5.69 Å². The number of para-hydroxylation sites is 1. The molecule has 5 aromatic rings. The topological polar surface area (TPSA) is 3.24 Å². The molecule has 202 valence electrons. The molecule has 2 heteroatoms. The van der Waals surface area contributed by atoms with E-state index in [0.29, 0.717) is 12.6 Å². The summed E-state index contributed by atoms with van der Waals surface area (Å²) in [7, 11) is 0. The smallest absolute Gasteiger partial charge is 0.209 e. The van der Waals surface area contributed by atoms with E-state index in [2.05, 4.69) is 164 Å². The summed E-state index contributed by atoms with van der Waals surface area (Å²) in [6, 6.07) is 54.3. The number of benzene rings is 5. The summed E-state index contributed by atoms with van der Waals surface area (Å²) in [5.74, 6) is 0.449. The molecule has 0 aromatic heterocycles. The third-order valence-electron chi connectivity index (χ3n) is 7.68. The Hall–Kier alpha value is -4.04. The van der Waals surface area contributed by atoms with Crippen LogP contribution in [0, 0.1) is 0 Å². The molecule has 0 N–H and O–H groups in total. The molecule has 0 amide bonds. The lowest BCUT2D eigenvalue weighted by molar-refractivity contribution is 0.696. The molecule has 0 spiro atoms. The number of rotatable bonds is 11. The van der Waals surface area contributed by atoms with Crippen molar-refractivity contribution in [1.82, 2.24) is 0 Å². The Morgan fingerprint density at radius 2 is 0.875 bits per heavy atom. The third-order valence-corrected chi connectivity index (χ3v) is 7.68. The fraction of sp³-hybridized carbons (Fsp3) is 0.211. The Labute approximate surface area is 242 Å². The van der Waals surface area contributed by atoms with Crippen LogP contribution in [0.1, 0.15) is 43.7 Å². The Balaban J connectivity index is 0.000000283. The van der Waals surface area contributed by atoms with Gasteiger partial charge in [0.15, 0.2) is 0 Å². The molecular formula is C38H42BN. The zero-order valence-electron chi connectivity index (χ0n) is 24.1. The van der Waals surface area contributed by atoms with E-state index in [0.717, 1.165) is 25.8 Å². The zero-order chi connectivity index (χ0) is 27.8. The minimum atomic E-state index is 0.449. The Morgan fingerprint density at radius 3 is 1.27 bits per heavy atom. The molecule has 0 saturated carbocycles. The van der Waals surface area contributed by atoms with Crippen LogP contribution in [0.3, 0.4) is 0 Å². The second-order valence-electron chi connectivity index (χ2n) is 10.2. The maximum absolute atomic E-state index is 2.33. The molecular weight excluding hydrogens is 481 g/mol. The van der Waals surface area contributed by atoms with Crippen molar-refractivity contribution in [1.29, 1.82) is 0 Å². The molecule has 0 heterocycles. The van der Waals surface area contributed by atoms with Gasteiger partial charge < -0.3 is 4.90 Å². The molecule has 40 heavy (non-hydrogen) atoms. The van der Waals surface area contributed by atoms with Gasteiger partial charge in [0, 0.05) is 24.7 Å². The highest BCUT2D eigenvalue weighted by molar-refractivity contribution is 6.85. The first kappa shape index (κ1) is 29.0. The molecule has 0 aliphatic heterocycles. The monoisotopic (exact) mass is 523 g/mol. The molecule has 0 radical (unpaired) electrons. The van der Waals surface area contributed by atoms with Crippen LogP contribution in [0.25, 0.3) is 0 Å². The SMILES string of the molecule is CCN(CC)c1ccccc1.c1ccc(B(CCCC(c2ccccc2)c2ccccc2)c2ccccc2)cc1. The van der Waals surface area contributed by atoms with Crippen molar-refractivity contribution >= 4 is 23.3 Å². The molecule has 0 aliphatic rings. The van der Waals surface area contributed by atoms with E-state index < -0.39 is 0 Å². The second-order valence-corrected chi connectivity index (χ2v) is 10.2. The standard InChI is InChI=1S/C28H27B.C10H15N/c1-5-14-24(15-6-1)28(25-16-7-2-8-17-25)22-13-23-29(26-18-9-3-10-19-26)27-20-11-4-12-21-27;1-3-11(4-2)10-8-6-5-7-9-10/h1-12,14-21,28H,13,22-23H2;5-9H,3-4H2,1-2H3. The van der Waals surface area contributed by atoms with Crippen molar-refractivity contribution in [3.05, 3.63) is 163 Å². The fourth-order valence-electron chi connectivity index (χ4n) is 5.55. The highest BCUT2D eigenvalue weighted by Gasteiger charge is 2.20. The van der Waals surface area contributed by atoms with Gasteiger partial charge in [0.1, 0.15) is 0 Å². The first-order chi connectivity index (χ1) is 19.8. The Bertz CT molecular complexity index is 1160.